The van der Waals surface area contributed by atoms with Gasteiger partial charge in [-0.15, -0.1) is 0 Å². The number of halogens is 1. The van der Waals surface area contributed by atoms with Gasteiger partial charge in [0, 0.05) is 10.5 Å². The number of hydrogen-bond donors (Lipinski definition) is 0. The molecule has 2 nitrogen and oxygen atoms in total. The van der Waals surface area contributed by atoms with Gasteiger partial charge in [0.2, 0.25) is 0 Å². The van der Waals surface area contributed by atoms with E-state index in [1.807, 2.05) is 88.4 Å². The van der Waals surface area contributed by atoms with Gasteiger partial charge in [-0.25, -0.2) is 0 Å². The van der Waals surface area contributed by atoms with Crippen molar-refractivity contribution < 1.29 is 9.31 Å². The van der Waals surface area contributed by atoms with Crippen molar-refractivity contribution in [3.05, 3.63) is 71.8 Å². The van der Waals surface area contributed by atoms with Crippen LogP contribution in [0.25, 0.3) is 10.5 Å². The lowest BCUT2D eigenvalue weighted by Gasteiger charge is -2.32. The van der Waals surface area contributed by atoms with E-state index in [1.54, 1.807) is 0 Å². The minimum atomic E-state index is -0.509. The lowest BCUT2D eigenvalue weighted by atomic mass is 9.73. The van der Waals surface area contributed by atoms with Crippen LogP contribution in [0.4, 0.5) is 0 Å². The van der Waals surface area contributed by atoms with E-state index >= 15 is 0 Å². The molecule has 1 saturated heterocycles. The highest BCUT2D eigenvalue weighted by molar-refractivity contribution is 6.76. The Morgan fingerprint density at radius 3 is 1.62 bits per heavy atom. The maximum Gasteiger partial charge on any atom is 0.497 e. The van der Waals surface area contributed by atoms with Crippen LogP contribution in [-0.4, -0.2) is 18.3 Å². The van der Waals surface area contributed by atoms with Crippen LogP contribution in [0.15, 0.2) is 60.7 Å². The zero-order valence-electron chi connectivity index (χ0n) is 14.5. The molecule has 2 aromatic carbocycles. The van der Waals surface area contributed by atoms with Crippen LogP contribution in [0.5, 0.6) is 0 Å². The van der Waals surface area contributed by atoms with Crippen molar-refractivity contribution in [1.29, 1.82) is 0 Å². The second-order valence-electron chi connectivity index (χ2n) is 7.05. The van der Waals surface area contributed by atoms with E-state index in [2.05, 4.69) is 0 Å². The van der Waals surface area contributed by atoms with Crippen LogP contribution >= 0.6 is 11.6 Å². The molecule has 124 valence electrons. The van der Waals surface area contributed by atoms with E-state index in [1.165, 1.54) is 0 Å². The Morgan fingerprint density at radius 2 is 1.17 bits per heavy atom. The molecule has 1 aliphatic heterocycles. The smallest absolute Gasteiger partial charge is 0.399 e. The molecule has 0 radical (unpaired) electrons. The standard InChI is InChI=1S/C20H22BClO2/c1-19(2)20(3,4)24-21(23-19)17(15-11-7-5-8-12-15)18(22)16-13-9-6-10-14-16/h5-14H,1-4H3/b18-17-. The highest BCUT2D eigenvalue weighted by atomic mass is 35.5. The van der Waals surface area contributed by atoms with Crippen LogP contribution in [0.3, 0.4) is 0 Å². The minimum Gasteiger partial charge on any atom is -0.399 e. The number of hydrogen-bond acceptors (Lipinski definition) is 2. The average molecular weight is 341 g/mol. The van der Waals surface area contributed by atoms with Crippen molar-refractivity contribution in [3.63, 3.8) is 0 Å². The summed E-state index contributed by atoms with van der Waals surface area (Å²) in [5.41, 5.74) is 2.00. The summed E-state index contributed by atoms with van der Waals surface area (Å²) < 4.78 is 12.5. The molecular weight excluding hydrogens is 318 g/mol. The molecule has 1 aliphatic rings. The van der Waals surface area contributed by atoms with Crippen LogP contribution in [0.2, 0.25) is 0 Å². The lowest BCUT2D eigenvalue weighted by molar-refractivity contribution is 0.00578. The third-order valence-electron chi connectivity index (χ3n) is 4.84. The normalized spacial score (nSPS) is 20.0. The van der Waals surface area contributed by atoms with Crippen LogP contribution in [0.1, 0.15) is 38.8 Å². The minimum absolute atomic E-state index is 0.411. The number of rotatable bonds is 3. The van der Waals surface area contributed by atoms with Gasteiger partial charge in [0.1, 0.15) is 0 Å². The third kappa shape index (κ3) is 3.17. The van der Waals surface area contributed by atoms with Gasteiger partial charge in [-0.05, 0) is 38.8 Å². The molecule has 0 saturated carbocycles. The first-order valence-corrected chi connectivity index (χ1v) is 8.56. The molecule has 0 aliphatic carbocycles. The van der Waals surface area contributed by atoms with E-state index in [0.717, 1.165) is 16.6 Å². The summed E-state index contributed by atoms with van der Waals surface area (Å²) in [6.07, 6.45) is 0. The molecule has 0 aromatic heterocycles. The Bertz CT molecular complexity index is 723. The molecule has 0 unspecified atom stereocenters. The zero-order chi connectivity index (χ0) is 17.4. The molecule has 0 N–H and O–H groups in total. The molecule has 0 spiro atoms. The lowest BCUT2D eigenvalue weighted by Crippen LogP contribution is -2.41. The van der Waals surface area contributed by atoms with Gasteiger partial charge < -0.3 is 9.31 Å². The van der Waals surface area contributed by atoms with Crippen molar-refractivity contribution in [3.8, 4) is 0 Å². The first-order valence-electron chi connectivity index (χ1n) is 8.18. The van der Waals surface area contributed by atoms with Crippen LogP contribution < -0.4 is 0 Å². The molecule has 2 aromatic rings. The maximum absolute atomic E-state index is 6.79. The zero-order valence-corrected chi connectivity index (χ0v) is 15.3. The second-order valence-corrected chi connectivity index (χ2v) is 7.43. The Kier molecular flexibility index (Phi) is 4.61. The Hall–Kier alpha value is -1.55. The fourth-order valence-electron chi connectivity index (χ4n) is 2.68. The molecule has 3 rings (SSSR count). The second kappa shape index (κ2) is 6.40. The number of benzene rings is 2. The summed E-state index contributed by atoms with van der Waals surface area (Å²) in [4.78, 5) is 0. The van der Waals surface area contributed by atoms with Gasteiger partial charge in [-0.1, -0.05) is 72.3 Å². The van der Waals surface area contributed by atoms with Crippen molar-refractivity contribution in [2.45, 2.75) is 38.9 Å². The highest BCUT2D eigenvalue weighted by Crippen LogP contribution is 2.43. The van der Waals surface area contributed by atoms with Gasteiger partial charge in [0.25, 0.3) is 0 Å². The summed E-state index contributed by atoms with van der Waals surface area (Å²) in [6.45, 7) is 8.19. The molecule has 0 bridgehead atoms. The van der Waals surface area contributed by atoms with Gasteiger partial charge >= 0.3 is 7.12 Å². The average Bonchev–Trinajstić information content (AvgIpc) is 2.77. The van der Waals surface area contributed by atoms with Crippen molar-refractivity contribution in [2.75, 3.05) is 0 Å². The Labute approximate surface area is 149 Å². The van der Waals surface area contributed by atoms with Gasteiger partial charge in [0.05, 0.1) is 11.2 Å². The van der Waals surface area contributed by atoms with Crippen molar-refractivity contribution >= 4 is 29.2 Å². The van der Waals surface area contributed by atoms with Gasteiger partial charge in [-0.2, -0.15) is 0 Å². The fourth-order valence-corrected chi connectivity index (χ4v) is 3.01. The summed E-state index contributed by atoms with van der Waals surface area (Å²) in [5.74, 6) is 0. The topological polar surface area (TPSA) is 18.5 Å². The van der Waals surface area contributed by atoms with E-state index < -0.39 is 18.3 Å². The fraction of sp³-hybridized carbons (Fsp3) is 0.300. The largest absolute Gasteiger partial charge is 0.497 e. The monoisotopic (exact) mass is 340 g/mol. The summed E-state index contributed by atoms with van der Waals surface area (Å²) >= 11 is 6.79. The third-order valence-corrected chi connectivity index (χ3v) is 5.26. The highest BCUT2D eigenvalue weighted by Gasteiger charge is 2.53. The molecule has 0 amide bonds. The quantitative estimate of drug-likeness (QED) is 0.548. The van der Waals surface area contributed by atoms with Crippen LogP contribution in [-0.2, 0) is 9.31 Å². The van der Waals surface area contributed by atoms with E-state index in [-0.39, 0.29) is 0 Å². The maximum atomic E-state index is 6.79. The van der Waals surface area contributed by atoms with Gasteiger partial charge in [-0.3, -0.25) is 0 Å². The summed E-state index contributed by atoms with van der Waals surface area (Å²) in [6, 6.07) is 20.0. The predicted octanol–water partition coefficient (Wildman–Crippen LogP) is 5.43. The summed E-state index contributed by atoms with van der Waals surface area (Å²) in [5, 5.41) is 0.653. The molecule has 0 atom stereocenters. The van der Waals surface area contributed by atoms with E-state index in [4.69, 9.17) is 20.9 Å². The molecule has 1 fully saturated rings. The van der Waals surface area contributed by atoms with E-state index in [0.29, 0.717) is 5.03 Å². The summed E-state index contributed by atoms with van der Waals surface area (Å²) in [7, 11) is -0.509. The SMILES string of the molecule is CC1(C)OB(/C(=C(\Cl)c2ccccc2)c2ccccc2)OC1(C)C. The van der Waals surface area contributed by atoms with Crippen molar-refractivity contribution in [1.82, 2.24) is 0 Å². The van der Waals surface area contributed by atoms with Gasteiger partial charge in [0.15, 0.2) is 0 Å². The molecule has 24 heavy (non-hydrogen) atoms. The predicted molar refractivity (Wildman–Crippen MR) is 102 cm³/mol. The Morgan fingerprint density at radius 1 is 0.750 bits per heavy atom. The first kappa shape index (κ1) is 17.3. The van der Waals surface area contributed by atoms with Crippen molar-refractivity contribution in [2.24, 2.45) is 0 Å². The Balaban J connectivity index is 2.12. The van der Waals surface area contributed by atoms with Crippen LogP contribution in [0, 0.1) is 0 Å². The first-order chi connectivity index (χ1) is 11.3. The molecular formula is C20H22BClO2. The molecule has 1 heterocycles. The van der Waals surface area contributed by atoms with E-state index in [9.17, 15) is 0 Å². The molecule has 4 heteroatoms.